The Morgan fingerprint density at radius 2 is 1.85 bits per heavy atom. The average Bonchev–Trinajstić information content (AvgIpc) is 2.61. The molecule has 0 saturated heterocycles. The van der Waals surface area contributed by atoms with Crippen molar-refractivity contribution < 1.29 is 4.74 Å². The van der Waals surface area contributed by atoms with Crippen LogP contribution in [0.1, 0.15) is 16.7 Å². The fraction of sp³-hybridized carbons (Fsp3) is 0.143. The van der Waals surface area contributed by atoms with E-state index in [0.29, 0.717) is 5.56 Å². The highest BCUT2D eigenvalue weighted by Gasteiger charge is 2.15. The Balaban J connectivity index is 2.23. The molecule has 0 aliphatic rings. The molecule has 0 bridgehead atoms. The van der Waals surface area contributed by atoms with E-state index in [1.54, 1.807) is 7.11 Å². The molecule has 0 amide bonds. The molecule has 0 atom stereocenters. The molecule has 26 heavy (non-hydrogen) atoms. The van der Waals surface area contributed by atoms with E-state index in [0.717, 1.165) is 38.2 Å². The number of benzene rings is 2. The molecule has 4 nitrogen and oxygen atoms in total. The summed E-state index contributed by atoms with van der Waals surface area (Å²) in [6.45, 7) is 4.10. The summed E-state index contributed by atoms with van der Waals surface area (Å²) in [4.78, 5) is 4.47. The number of nitriles is 1. The highest BCUT2D eigenvalue weighted by Crippen LogP contribution is 2.36. The molecule has 0 aliphatic carbocycles. The highest BCUT2D eigenvalue weighted by atomic mass is 79.9. The van der Waals surface area contributed by atoms with Gasteiger partial charge in [0.15, 0.2) is 0 Å². The van der Waals surface area contributed by atoms with Gasteiger partial charge in [0.25, 0.3) is 0 Å². The monoisotopic (exact) mass is 407 g/mol. The zero-order chi connectivity index (χ0) is 18.8. The third-order valence-electron chi connectivity index (χ3n) is 4.28. The number of nitrogen functional groups attached to an aromatic ring is 1. The maximum Gasteiger partial charge on any atom is 0.142 e. The van der Waals surface area contributed by atoms with E-state index >= 15 is 0 Å². The quantitative estimate of drug-likeness (QED) is 0.642. The van der Waals surface area contributed by atoms with E-state index in [1.807, 2.05) is 43.3 Å². The molecule has 0 aliphatic heterocycles. The average molecular weight is 408 g/mol. The van der Waals surface area contributed by atoms with Gasteiger partial charge in [0.1, 0.15) is 23.2 Å². The van der Waals surface area contributed by atoms with E-state index < -0.39 is 0 Å². The normalized spacial score (nSPS) is 10.4. The SMILES string of the molecule is COc1ccc(-c2cc(-c3ccc(C)cc3C)nc(N)c2C#N)cc1Br. The molecular formula is C21H18BrN3O. The summed E-state index contributed by atoms with van der Waals surface area (Å²) >= 11 is 3.50. The van der Waals surface area contributed by atoms with Crippen LogP contribution in [0.25, 0.3) is 22.4 Å². The third kappa shape index (κ3) is 3.29. The Morgan fingerprint density at radius 1 is 1.08 bits per heavy atom. The van der Waals surface area contributed by atoms with Gasteiger partial charge in [0.05, 0.1) is 17.3 Å². The molecule has 1 aromatic heterocycles. The summed E-state index contributed by atoms with van der Waals surface area (Å²) in [5.41, 5.74) is 12.2. The number of nitrogens with two attached hydrogens (primary N) is 1. The topological polar surface area (TPSA) is 71.9 Å². The van der Waals surface area contributed by atoms with E-state index in [9.17, 15) is 5.26 Å². The largest absolute Gasteiger partial charge is 0.496 e. The number of ether oxygens (including phenoxy) is 1. The number of hydrogen-bond donors (Lipinski definition) is 1. The zero-order valence-electron chi connectivity index (χ0n) is 14.8. The van der Waals surface area contributed by atoms with Crippen LogP contribution in [-0.4, -0.2) is 12.1 Å². The molecule has 5 heteroatoms. The lowest BCUT2D eigenvalue weighted by molar-refractivity contribution is 0.412. The summed E-state index contributed by atoms with van der Waals surface area (Å²) in [5, 5.41) is 9.58. The van der Waals surface area contributed by atoms with Crippen LogP contribution in [0.3, 0.4) is 0 Å². The fourth-order valence-corrected chi connectivity index (χ4v) is 3.52. The second kappa shape index (κ2) is 7.19. The first-order valence-corrected chi connectivity index (χ1v) is 8.86. The van der Waals surface area contributed by atoms with Crippen molar-refractivity contribution in [3.05, 3.63) is 63.6 Å². The van der Waals surface area contributed by atoms with Gasteiger partial charge in [-0.3, -0.25) is 0 Å². The van der Waals surface area contributed by atoms with Gasteiger partial charge < -0.3 is 10.5 Å². The Bertz CT molecular complexity index is 1040. The molecule has 0 unspecified atom stereocenters. The lowest BCUT2D eigenvalue weighted by Gasteiger charge is -2.13. The molecule has 130 valence electrons. The number of methoxy groups -OCH3 is 1. The number of nitrogens with zero attached hydrogens (tertiary/aromatic N) is 2. The highest BCUT2D eigenvalue weighted by molar-refractivity contribution is 9.10. The number of aromatic nitrogens is 1. The van der Waals surface area contributed by atoms with Gasteiger partial charge in [0.2, 0.25) is 0 Å². The van der Waals surface area contributed by atoms with Crippen molar-refractivity contribution in [1.82, 2.24) is 4.98 Å². The van der Waals surface area contributed by atoms with Crippen molar-refractivity contribution in [1.29, 1.82) is 5.26 Å². The van der Waals surface area contributed by atoms with Crippen molar-refractivity contribution in [2.24, 2.45) is 0 Å². The third-order valence-corrected chi connectivity index (χ3v) is 4.90. The first-order valence-electron chi connectivity index (χ1n) is 8.06. The molecule has 3 aromatic rings. The van der Waals surface area contributed by atoms with Gasteiger partial charge in [0, 0.05) is 11.1 Å². The molecule has 0 radical (unpaired) electrons. The lowest BCUT2D eigenvalue weighted by Crippen LogP contribution is -2.00. The molecule has 0 spiro atoms. The fourth-order valence-electron chi connectivity index (χ4n) is 2.98. The van der Waals surface area contributed by atoms with E-state index in [1.165, 1.54) is 5.56 Å². The first kappa shape index (κ1) is 18.0. The van der Waals surface area contributed by atoms with Crippen molar-refractivity contribution in [3.63, 3.8) is 0 Å². The molecule has 3 rings (SSSR count). The second-order valence-corrected chi connectivity index (χ2v) is 6.95. The predicted molar refractivity (Wildman–Crippen MR) is 108 cm³/mol. The molecule has 1 heterocycles. The van der Waals surface area contributed by atoms with E-state index in [-0.39, 0.29) is 5.82 Å². The summed E-state index contributed by atoms with van der Waals surface area (Å²) in [7, 11) is 1.61. The molecular weight excluding hydrogens is 390 g/mol. The molecule has 2 aromatic carbocycles. The zero-order valence-corrected chi connectivity index (χ0v) is 16.4. The maximum atomic E-state index is 9.58. The van der Waals surface area contributed by atoms with E-state index in [4.69, 9.17) is 10.5 Å². The van der Waals surface area contributed by atoms with Crippen molar-refractivity contribution in [2.45, 2.75) is 13.8 Å². The van der Waals surface area contributed by atoms with E-state index in [2.05, 4.69) is 40.0 Å². The number of pyridine rings is 1. The summed E-state index contributed by atoms with van der Waals surface area (Å²) in [6.07, 6.45) is 0. The number of anilines is 1. The summed E-state index contributed by atoms with van der Waals surface area (Å²) in [6, 6.07) is 16.0. The Hall–Kier alpha value is -2.84. The Kier molecular flexibility index (Phi) is 4.97. The standard InChI is InChI=1S/C21H18BrN3O/c1-12-4-6-15(13(2)8-12)19-10-16(17(11-23)21(24)25-19)14-5-7-20(26-3)18(22)9-14/h4-10H,1-3H3,(H2,24,25). The van der Waals surface area contributed by atoms with Gasteiger partial charge in [-0.1, -0.05) is 29.8 Å². The van der Waals surface area contributed by atoms with Crippen LogP contribution in [0.15, 0.2) is 46.9 Å². The molecule has 0 fully saturated rings. The number of aryl methyl sites for hydroxylation is 2. The van der Waals surface area contributed by atoms with Gasteiger partial charge in [-0.15, -0.1) is 0 Å². The number of halogens is 1. The van der Waals surface area contributed by atoms with Gasteiger partial charge in [-0.2, -0.15) is 5.26 Å². The lowest BCUT2D eigenvalue weighted by atomic mass is 9.96. The van der Waals surface area contributed by atoms with Gasteiger partial charge in [-0.05, 0) is 59.1 Å². The van der Waals surface area contributed by atoms with Gasteiger partial charge >= 0.3 is 0 Å². The van der Waals surface area contributed by atoms with Gasteiger partial charge in [-0.25, -0.2) is 4.98 Å². The summed E-state index contributed by atoms with van der Waals surface area (Å²) < 4.78 is 6.10. The Morgan fingerprint density at radius 3 is 2.46 bits per heavy atom. The van der Waals surface area contributed by atoms with Crippen molar-refractivity contribution in [3.8, 4) is 34.2 Å². The van der Waals surface area contributed by atoms with Crippen LogP contribution in [0, 0.1) is 25.2 Å². The summed E-state index contributed by atoms with van der Waals surface area (Å²) in [5.74, 6) is 0.954. The van der Waals surface area contributed by atoms with Crippen LogP contribution >= 0.6 is 15.9 Å². The maximum absolute atomic E-state index is 9.58. The second-order valence-electron chi connectivity index (χ2n) is 6.09. The molecule has 0 saturated carbocycles. The predicted octanol–water partition coefficient (Wildman–Crippen LogP) is 5.26. The Labute approximate surface area is 161 Å². The minimum Gasteiger partial charge on any atom is -0.496 e. The minimum atomic E-state index is 0.229. The van der Waals surface area contributed by atoms with Crippen LogP contribution < -0.4 is 10.5 Å². The number of hydrogen-bond acceptors (Lipinski definition) is 4. The number of rotatable bonds is 3. The van der Waals surface area contributed by atoms with Crippen LogP contribution in [-0.2, 0) is 0 Å². The minimum absolute atomic E-state index is 0.229. The van der Waals surface area contributed by atoms with Crippen LogP contribution in [0.2, 0.25) is 0 Å². The first-order chi connectivity index (χ1) is 12.4. The van der Waals surface area contributed by atoms with Crippen LogP contribution in [0.5, 0.6) is 5.75 Å². The smallest absolute Gasteiger partial charge is 0.142 e. The van der Waals surface area contributed by atoms with Crippen molar-refractivity contribution >= 4 is 21.7 Å². The van der Waals surface area contributed by atoms with Crippen LogP contribution in [0.4, 0.5) is 5.82 Å². The molecule has 2 N–H and O–H groups in total. The van der Waals surface area contributed by atoms with Crippen molar-refractivity contribution in [2.75, 3.05) is 12.8 Å².